The van der Waals surface area contributed by atoms with Crippen molar-refractivity contribution in [1.82, 2.24) is 10.3 Å². The summed E-state index contributed by atoms with van der Waals surface area (Å²) < 4.78 is 33.0. The van der Waals surface area contributed by atoms with Crippen LogP contribution >= 0.6 is 11.3 Å². The van der Waals surface area contributed by atoms with Gasteiger partial charge in [0, 0.05) is 17.6 Å². The lowest BCUT2D eigenvalue weighted by molar-refractivity contribution is -0.129. The largest absolute Gasteiger partial charge is 0.487 e. The van der Waals surface area contributed by atoms with Gasteiger partial charge in [-0.3, -0.25) is 4.79 Å². The Labute approximate surface area is 182 Å². The van der Waals surface area contributed by atoms with Gasteiger partial charge in [-0.05, 0) is 56.1 Å². The van der Waals surface area contributed by atoms with Crippen LogP contribution in [0.15, 0.2) is 34.5 Å². The standard InChI is InChI=1S/C16H20N2O3S2.C5H10O2/c1-23(19,20)15-4-2-14(3-5-15)21-10-13-11-22-16(18-13)12-6-8-17-9-7-12;1-5(2)3-7-4-6/h2-5,11-12,17H,6-10H2,1H3;4-5H,3H2,1-2H3. The maximum absolute atomic E-state index is 11.4. The summed E-state index contributed by atoms with van der Waals surface area (Å²) >= 11 is 1.70. The third-order valence-electron chi connectivity index (χ3n) is 4.39. The van der Waals surface area contributed by atoms with Crippen LogP contribution in [0.4, 0.5) is 0 Å². The molecule has 1 saturated heterocycles. The highest BCUT2D eigenvalue weighted by atomic mass is 32.2. The fourth-order valence-electron chi connectivity index (χ4n) is 2.82. The zero-order chi connectivity index (χ0) is 22.0. The van der Waals surface area contributed by atoms with Crippen LogP contribution in [0.1, 0.15) is 43.3 Å². The van der Waals surface area contributed by atoms with Crippen molar-refractivity contribution < 1.29 is 22.7 Å². The van der Waals surface area contributed by atoms with E-state index in [1.165, 1.54) is 11.3 Å². The highest BCUT2D eigenvalue weighted by Gasteiger charge is 2.18. The molecule has 0 saturated carbocycles. The Kier molecular flexibility index (Phi) is 9.74. The summed E-state index contributed by atoms with van der Waals surface area (Å²) in [5.41, 5.74) is 0.927. The minimum Gasteiger partial charge on any atom is -0.487 e. The zero-order valence-corrected chi connectivity index (χ0v) is 19.3. The number of carbonyl (C=O) groups is 1. The molecule has 1 fully saturated rings. The van der Waals surface area contributed by atoms with Gasteiger partial charge in [0.25, 0.3) is 6.47 Å². The summed E-state index contributed by atoms with van der Waals surface area (Å²) in [6.45, 7) is 7.50. The van der Waals surface area contributed by atoms with Crippen LogP contribution in [0.5, 0.6) is 5.75 Å². The van der Waals surface area contributed by atoms with E-state index < -0.39 is 9.84 Å². The molecule has 2 aromatic rings. The number of ether oxygens (including phenoxy) is 2. The number of carbonyl (C=O) groups excluding carboxylic acids is 1. The molecule has 7 nitrogen and oxygen atoms in total. The lowest BCUT2D eigenvalue weighted by atomic mass is 9.99. The van der Waals surface area contributed by atoms with Gasteiger partial charge >= 0.3 is 0 Å². The van der Waals surface area contributed by atoms with E-state index in [2.05, 4.69) is 15.0 Å². The molecule has 1 aliphatic rings. The first-order chi connectivity index (χ1) is 14.3. The molecule has 9 heteroatoms. The first-order valence-corrected chi connectivity index (χ1v) is 12.7. The molecule has 0 aliphatic carbocycles. The first kappa shape index (κ1) is 24.3. The Morgan fingerprint density at radius 2 is 1.90 bits per heavy atom. The highest BCUT2D eigenvalue weighted by Crippen LogP contribution is 2.28. The summed E-state index contributed by atoms with van der Waals surface area (Å²) in [6, 6.07) is 6.48. The van der Waals surface area contributed by atoms with Crippen molar-refractivity contribution in [3.05, 3.63) is 40.3 Å². The van der Waals surface area contributed by atoms with Crippen molar-refractivity contribution in [1.29, 1.82) is 0 Å². The molecule has 30 heavy (non-hydrogen) atoms. The van der Waals surface area contributed by atoms with E-state index in [1.54, 1.807) is 35.6 Å². The first-order valence-electron chi connectivity index (χ1n) is 9.92. The van der Waals surface area contributed by atoms with Crippen molar-refractivity contribution in [3.63, 3.8) is 0 Å². The van der Waals surface area contributed by atoms with Crippen LogP contribution in [0.2, 0.25) is 0 Å². The molecule has 1 aromatic heterocycles. The second-order valence-corrected chi connectivity index (χ2v) is 10.5. The van der Waals surface area contributed by atoms with Gasteiger partial charge in [0.2, 0.25) is 0 Å². The molecule has 2 heterocycles. The number of benzene rings is 1. The lowest BCUT2D eigenvalue weighted by Crippen LogP contribution is -2.26. The normalized spacial score (nSPS) is 14.7. The van der Waals surface area contributed by atoms with Crippen LogP contribution < -0.4 is 10.1 Å². The van der Waals surface area contributed by atoms with Gasteiger partial charge in [0.15, 0.2) is 9.84 Å². The SMILES string of the molecule is CC(C)COC=O.CS(=O)(=O)c1ccc(OCc2csc(C3CCNCC3)n2)cc1. The maximum atomic E-state index is 11.4. The van der Waals surface area contributed by atoms with Crippen molar-refractivity contribution in [2.75, 3.05) is 26.0 Å². The molecule has 166 valence electrons. The smallest absolute Gasteiger partial charge is 0.293 e. The summed E-state index contributed by atoms with van der Waals surface area (Å²) in [4.78, 5) is 14.5. The van der Waals surface area contributed by atoms with E-state index in [-0.39, 0.29) is 0 Å². The molecule has 0 unspecified atom stereocenters. The highest BCUT2D eigenvalue weighted by molar-refractivity contribution is 7.90. The van der Waals surface area contributed by atoms with E-state index in [4.69, 9.17) is 4.74 Å². The van der Waals surface area contributed by atoms with Crippen molar-refractivity contribution in [2.24, 2.45) is 5.92 Å². The predicted octanol–water partition coefficient (Wildman–Crippen LogP) is 3.41. The van der Waals surface area contributed by atoms with Gasteiger partial charge in [0.05, 0.1) is 22.2 Å². The summed E-state index contributed by atoms with van der Waals surface area (Å²) in [5.74, 6) is 1.66. The van der Waals surface area contributed by atoms with Crippen LogP contribution in [-0.2, 0) is 26.0 Å². The van der Waals surface area contributed by atoms with Crippen molar-refractivity contribution in [3.8, 4) is 5.75 Å². The van der Waals surface area contributed by atoms with Gasteiger partial charge in [-0.25, -0.2) is 13.4 Å². The van der Waals surface area contributed by atoms with E-state index in [9.17, 15) is 13.2 Å². The number of nitrogens with zero attached hydrogens (tertiary/aromatic N) is 1. The third kappa shape index (κ3) is 8.41. The number of piperidine rings is 1. The van der Waals surface area contributed by atoms with E-state index >= 15 is 0 Å². The second kappa shape index (κ2) is 12.0. The monoisotopic (exact) mass is 454 g/mol. The predicted molar refractivity (Wildman–Crippen MR) is 118 cm³/mol. The molecule has 0 spiro atoms. The molecular formula is C21H30N2O5S2. The molecule has 0 bridgehead atoms. The van der Waals surface area contributed by atoms with Gasteiger partial charge < -0.3 is 14.8 Å². The fourth-order valence-corrected chi connectivity index (χ4v) is 4.42. The minimum atomic E-state index is -3.17. The van der Waals surface area contributed by atoms with E-state index in [0.717, 1.165) is 31.6 Å². The van der Waals surface area contributed by atoms with Gasteiger partial charge in [-0.1, -0.05) is 13.8 Å². The van der Waals surface area contributed by atoms with E-state index in [1.807, 2.05) is 19.2 Å². The third-order valence-corrected chi connectivity index (χ3v) is 6.58. The molecule has 0 radical (unpaired) electrons. The fraction of sp³-hybridized carbons (Fsp3) is 0.524. The lowest BCUT2D eigenvalue weighted by Gasteiger charge is -2.20. The number of rotatable bonds is 8. The van der Waals surface area contributed by atoms with Gasteiger partial charge in [-0.15, -0.1) is 11.3 Å². The molecule has 1 aromatic carbocycles. The molecular weight excluding hydrogens is 424 g/mol. The minimum absolute atomic E-state index is 0.298. The quantitative estimate of drug-likeness (QED) is 0.611. The summed E-state index contributed by atoms with van der Waals surface area (Å²) in [5, 5.41) is 6.60. The molecule has 1 N–H and O–H groups in total. The Balaban J connectivity index is 0.000000396. The van der Waals surface area contributed by atoms with Crippen LogP contribution in [0.25, 0.3) is 0 Å². The average molecular weight is 455 g/mol. The Bertz CT molecular complexity index is 873. The van der Waals surface area contributed by atoms with E-state index in [0.29, 0.717) is 42.2 Å². The Morgan fingerprint density at radius 1 is 1.23 bits per heavy atom. The Hall–Kier alpha value is -1.97. The average Bonchev–Trinajstić information content (AvgIpc) is 3.21. The van der Waals surface area contributed by atoms with Crippen LogP contribution in [0.3, 0.4) is 0 Å². The number of nitrogens with one attached hydrogen (secondary N) is 1. The van der Waals surface area contributed by atoms with Crippen molar-refractivity contribution >= 4 is 27.6 Å². The molecule has 0 amide bonds. The number of thiazole rings is 1. The Morgan fingerprint density at radius 3 is 2.43 bits per heavy atom. The maximum Gasteiger partial charge on any atom is 0.293 e. The summed E-state index contributed by atoms with van der Waals surface area (Å²) in [6.07, 6.45) is 3.47. The topological polar surface area (TPSA) is 94.6 Å². The van der Waals surface area contributed by atoms with Gasteiger partial charge in [-0.2, -0.15) is 0 Å². The zero-order valence-electron chi connectivity index (χ0n) is 17.7. The van der Waals surface area contributed by atoms with Crippen LogP contribution in [0, 0.1) is 5.92 Å². The summed E-state index contributed by atoms with van der Waals surface area (Å²) in [7, 11) is -3.17. The molecule has 0 atom stereocenters. The second-order valence-electron chi connectivity index (χ2n) is 7.56. The number of aromatic nitrogens is 1. The number of hydrogen-bond acceptors (Lipinski definition) is 8. The number of hydrogen-bond donors (Lipinski definition) is 1. The van der Waals surface area contributed by atoms with Gasteiger partial charge in [0.1, 0.15) is 12.4 Å². The van der Waals surface area contributed by atoms with Crippen LogP contribution in [-0.4, -0.2) is 45.8 Å². The van der Waals surface area contributed by atoms with Crippen molar-refractivity contribution in [2.45, 2.75) is 44.1 Å². The number of sulfone groups is 1. The molecule has 3 rings (SSSR count). The molecule has 1 aliphatic heterocycles.